The summed E-state index contributed by atoms with van der Waals surface area (Å²) in [5.74, 6) is 3.21. The maximum atomic E-state index is 12.5. The molecule has 13 unspecified atom stereocenters. The van der Waals surface area contributed by atoms with Crippen LogP contribution in [0.3, 0.4) is 0 Å². The molecule has 4 bridgehead atoms. The number of unbranched alkanes of at least 4 members (excludes halogenated alkanes) is 8. The molecule has 2 amide bonds. The van der Waals surface area contributed by atoms with Crippen LogP contribution in [0.4, 0.5) is 4.79 Å². The lowest BCUT2D eigenvalue weighted by Gasteiger charge is -2.55. The Labute approximate surface area is 558 Å². The number of amides is 2. The molecule has 0 radical (unpaired) electrons. The number of phenols is 1. The van der Waals surface area contributed by atoms with Crippen molar-refractivity contribution in [1.29, 1.82) is 0 Å². The minimum atomic E-state index is -0.916. The third kappa shape index (κ3) is 18.3. The smallest absolute Gasteiger partial charge is 0.504 e. The summed E-state index contributed by atoms with van der Waals surface area (Å²) in [6, 6.07) is 7.40. The molecule has 13 atom stereocenters. The summed E-state index contributed by atoms with van der Waals surface area (Å²) in [7, 11) is 9.11. The number of ether oxygens (including phenoxy) is 4. The Hall–Kier alpha value is -5.16. The first-order valence-electron chi connectivity index (χ1n) is 34.9. The first-order chi connectivity index (χ1) is 44.8. The normalized spacial score (nSPS) is 24.3. The average molecular weight is 1330 g/mol. The van der Waals surface area contributed by atoms with Gasteiger partial charge in [0.2, 0.25) is 11.8 Å². The van der Waals surface area contributed by atoms with Gasteiger partial charge in [0.1, 0.15) is 29.6 Å². The number of carbonyl (C=O) groups excluding carboxylic acids is 6. The van der Waals surface area contributed by atoms with E-state index in [-0.39, 0.29) is 81.8 Å². The average Bonchev–Trinajstić information content (AvgIpc) is 1.59. The van der Waals surface area contributed by atoms with E-state index in [2.05, 4.69) is 70.6 Å². The van der Waals surface area contributed by atoms with E-state index in [9.17, 15) is 44.1 Å². The Morgan fingerprint density at radius 3 is 1.68 bits per heavy atom. The Morgan fingerprint density at radius 1 is 0.613 bits per heavy atom. The van der Waals surface area contributed by atoms with Gasteiger partial charge in [-0.25, -0.2) is 4.79 Å². The zero-order valence-corrected chi connectivity index (χ0v) is 59.3. The summed E-state index contributed by atoms with van der Waals surface area (Å²) >= 11 is 0. The lowest BCUT2D eigenvalue weighted by Crippen LogP contribution is -2.61. The van der Waals surface area contributed by atoms with E-state index in [1.165, 1.54) is 11.4 Å². The summed E-state index contributed by atoms with van der Waals surface area (Å²) in [6.45, 7) is 14.5. The third-order valence-electron chi connectivity index (χ3n) is 20.9. The number of carbonyl (C=O) groups is 6. The SMILES string of the molecule is CC(=O)C(C)CCCCNC(=O)CCCCCCC(=O)CCCCC(O)OC1CCC2C3=Cc4ccc(O)c5c4C2(CCN3C)C1O5.CC(=O)C(C)CCCCNC(=O)CCCCCNOC(=O)Oc1ccc2c3c1OC1C(O)CCC4C(=C2)N(C)CCC341.CP.CP. The molecular weight excluding hydrogens is 1220 g/mol. The number of likely N-dealkylation sites (tertiary alicyclic amines) is 2. The van der Waals surface area contributed by atoms with Crippen LogP contribution in [0.15, 0.2) is 35.7 Å². The van der Waals surface area contributed by atoms with Gasteiger partial charge in [-0.05, 0) is 158 Å². The number of aliphatic hydroxyl groups is 2. The van der Waals surface area contributed by atoms with Gasteiger partial charge in [-0.1, -0.05) is 71.4 Å². The number of aromatic hydroxyl groups is 1. The Bertz CT molecular complexity index is 2930. The van der Waals surface area contributed by atoms with Crippen LogP contribution >= 0.6 is 18.5 Å². The largest absolute Gasteiger partial charge is 0.533 e. The number of phenolic OH excluding ortho intramolecular Hbond substituents is 1. The molecule has 6 N–H and O–H groups in total. The Kier molecular flexibility index (Phi) is 29.3. The number of Topliss-reactive ketones (excluding diaryl/α,β-unsaturated/α-hetero) is 3. The second-order valence-corrected chi connectivity index (χ2v) is 26.9. The van der Waals surface area contributed by atoms with Crippen molar-refractivity contribution < 1.29 is 67.9 Å². The molecule has 10 rings (SSSR count). The fourth-order valence-electron chi connectivity index (χ4n) is 15.6. The van der Waals surface area contributed by atoms with Crippen LogP contribution in [-0.4, -0.2) is 151 Å². The van der Waals surface area contributed by atoms with Gasteiger partial charge >= 0.3 is 6.16 Å². The number of piperidine rings is 2. The number of aliphatic hydroxyl groups excluding tert-OH is 2. The lowest BCUT2D eigenvalue weighted by molar-refractivity contribution is -0.188. The number of benzene rings is 2. The minimum absolute atomic E-state index is 0.0352. The number of allylic oxidation sites excluding steroid dienone is 2. The number of nitrogens with one attached hydrogen (secondary N) is 3. The van der Waals surface area contributed by atoms with E-state index in [1.807, 2.05) is 39.3 Å². The van der Waals surface area contributed by atoms with E-state index in [0.717, 1.165) is 157 Å². The van der Waals surface area contributed by atoms with Crippen molar-refractivity contribution in [2.75, 3.05) is 60.1 Å². The van der Waals surface area contributed by atoms with Crippen molar-refractivity contribution in [2.45, 2.75) is 236 Å². The molecular formula is C72H111N5O14P2. The van der Waals surface area contributed by atoms with Crippen LogP contribution in [0.2, 0.25) is 0 Å². The maximum Gasteiger partial charge on any atom is 0.533 e. The van der Waals surface area contributed by atoms with Crippen molar-refractivity contribution in [3.8, 4) is 23.0 Å². The fourth-order valence-corrected chi connectivity index (χ4v) is 15.6. The number of hydrogen-bond donors (Lipinski definition) is 6. The van der Waals surface area contributed by atoms with Gasteiger partial charge in [-0.2, -0.15) is 0 Å². The molecule has 4 heterocycles. The van der Waals surface area contributed by atoms with Crippen molar-refractivity contribution in [3.05, 3.63) is 57.9 Å². The number of hydrogen-bond acceptors (Lipinski definition) is 17. The molecule has 2 aromatic carbocycles. The summed E-state index contributed by atoms with van der Waals surface area (Å²) in [4.78, 5) is 81.3. The van der Waals surface area contributed by atoms with Crippen LogP contribution in [0.25, 0.3) is 12.2 Å². The Morgan fingerprint density at radius 2 is 1.10 bits per heavy atom. The van der Waals surface area contributed by atoms with Crippen molar-refractivity contribution >= 4 is 66.0 Å². The van der Waals surface area contributed by atoms with Gasteiger partial charge < -0.3 is 59.5 Å². The molecule has 2 aromatic rings. The molecule has 4 aliphatic heterocycles. The topological polar surface area (TPSA) is 252 Å². The van der Waals surface area contributed by atoms with Crippen molar-refractivity contribution in [3.63, 3.8) is 0 Å². The van der Waals surface area contributed by atoms with E-state index < -0.39 is 18.5 Å². The highest BCUT2D eigenvalue weighted by Gasteiger charge is 2.66. The highest BCUT2D eigenvalue weighted by atomic mass is 31.0. The van der Waals surface area contributed by atoms with E-state index in [1.54, 1.807) is 26.0 Å². The van der Waals surface area contributed by atoms with Crippen molar-refractivity contribution in [1.82, 2.24) is 25.9 Å². The van der Waals surface area contributed by atoms with Gasteiger partial charge in [-0.15, -0.1) is 24.0 Å². The highest BCUT2D eigenvalue weighted by Crippen LogP contribution is 2.66. The molecule has 0 aromatic heterocycles. The molecule has 2 spiro atoms. The van der Waals surface area contributed by atoms with Gasteiger partial charge in [0.25, 0.3) is 0 Å². The second-order valence-electron chi connectivity index (χ2n) is 26.9. The third-order valence-corrected chi connectivity index (χ3v) is 20.9. The van der Waals surface area contributed by atoms with Gasteiger partial charge in [0.15, 0.2) is 29.3 Å². The fraction of sp³-hybridized carbons (Fsp3) is 0.694. The van der Waals surface area contributed by atoms with Crippen LogP contribution in [0, 0.1) is 23.7 Å². The summed E-state index contributed by atoms with van der Waals surface area (Å²) < 4.78 is 24.8. The monoisotopic (exact) mass is 1330 g/mol. The summed E-state index contributed by atoms with van der Waals surface area (Å²) in [5, 5.41) is 38.4. The van der Waals surface area contributed by atoms with Crippen LogP contribution in [0.5, 0.6) is 23.0 Å². The first kappa shape index (κ1) is 75.2. The lowest BCUT2D eigenvalue weighted by atomic mass is 9.54. The molecule has 4 fully saturated rings. The zero-order chi connectivity index (χ0) is 67.4. The van der Waals surface area contributed by atoms with E-state index in [4.69, 9.17) is 23.8 Å². The maximum absolute atomic E-state index is 12.5. The quantitative estimate of drug-likeness (QED) is 0.00951. The minimum Gasteiger partial charge on any atom is -0.504 e. The standard InChI is InChI=1S/C38H56N2O7.C32H45N3O7.2CH5P/c1-25(26(2)41)12-10-11-22-39-33(44)15-7-5-4-6-13-28(42)14-8-9-16-34(45)46-32-20-18-29-30-24-27-17-19-31(43)36-35(27)38(29,37(32)47-36)21-23-40(30)3;1-20(21(2)36)9-6-8-16-33-27(38)10-5-4-7-17-34-42-31(39)40-26-14-11-22-19-24-23-12-13-25(37)30-32(23,15-18-35(24)3)28(22)29(26)41-30;2*1-2/h17,19,24-25,29,32,34,37,43,45H,4-16,18,20-23H2,1-3H3,(H,39,44);11,14,19-20,23,25,30,34,37H,4-10,12-13,15-18H2,1-3H3,(H,33,38);2*2H2,1H3. The van der Waals surface area contributed by atoms with Crippen LogP contribution in [0.1, 0.15) is 217 Å². The first-order valence-corrected chi connectivity index (χ1v) is 37.2. The molecule has 19 nitrogen and oxygen atoms in total. The molecule has 93 heavy (non-hydrogen) atoms. The molecule has 21 heteroatoms. The van der Waals surface area contributed by atoms with E-state index >= 15 is 0 Å². The Balaban J connectivity index is 0.000000252. The number of nitrogens with zero attached hydrogens (tertiary/aromatic N) is 2. The number of rotatable bonds is 34. The summed E-state index contributed by atoms with van der Waals surface area (Å²) in [5.41, 5.74) is 9.11. The molecule has 4 aliphatic carbocycles. The second kappa shape index (κ2) is 36.3. The predicted octanol–water partition coefficient (Wildman–Crippen LogP) is 11.4. The van der Waals surface area contributed by atoms with Gasteiger partial charge in [0.05, 0.1) is 12.2 Å². The molecule has 2 saturated carbocycles. The number of ketones is 3. The highest BCUT2D eigenvalue weighted by molar-refractivity contribution is 7.15. The predicted molar refractivity (Wildman–Crippen MR) is 369 cm³/mol. The van der Waals surface area contributed by atoms with Gasteiger partial charge in [-0.3, -0.25) is 24.0 Å². The van der Waals surface area contributed by atoms with Crippen molar-refractivity contribution in [2.24, 2.45) is 23.7 Å². The van der Waals surface area contributed by atoms with Gasteiger partial charge in [0, 0.05) is 130 Å². The zero-order valence-electron chi connectivity index (χ0n) is 57.0. The summed E-state index contributed by atoms with van der Waals surface area (Å²) in [6.07, 6.45) is 21.6. The molecule has 2 saturated heterocycles. The van der Waals surface area contributed by atoms with E-state index in [0.29, 0.717) is 87.7 Å². The molecule has 518 valence electrons. The number of hydroxylamine groups is 1. The van der Waals surface area contributed by atoms with Crippen LogP contribution < -0.4 is 30.3 Å². The molecule has 8 aliphatic rings. The van der Waals surface area contributed by atoms with Crippen LogP contribution in [-0.2, 0) is 44.4 Å².